The van der Waals surface area contributed by atoms with Crippen molar-refractivity contribution in [2.24, 2.45) is 0 Å². The Labute approximate surface area is 151 Å². The van der Waals surface area contributed by atoms with Crippen molar-refractivity contribution >= 4 is 28.9 Å². The third-order valence-corrected chi connectivity index (χ3v) is 4.68. The van der Waals surface area contributed by atoms with Gasteiger partial charge in [0.15, 0.2) is 0 Å². The van der Waals surface area contributed by atoms with E-state index in [-0.39, 0.29) is 12.1 Å². The Balaban J connectivity index is 1.85. The standard InChI is InChI=1S/C21H17ClN2O/c1-14-6-12-17(13-7-14)24-20(15-8-10-16(22)11-9-15)23-19-5-3-2-4-18(19)21(24)25/h2-13,20,23H,1H3. The summed E-state index contributed by atoms with van der Waals surface area (Å²) in [5.41, 5.74) is 4.51. The largest absolute Gasteiger partial charge is 0.360 e. The van der Waals surface area contributed by atoms with Crippen LogP contribution in [-0.4, -0.2) is 5.91 Å². The van der Waals surface area contributed by atoms with Crippen LogP contribution in [0.2, 0.25) is 5.02 Å². The van der Waals surface area contributed by atoms with Gasteiger partial charge in [0.1, 0.15) is 6.17 Å². The molecular weight excluding hydrogens is 332 g/mol. The van der Waals surface area contributed by atoms with Crippen LogP contribution in [0.1, 0.15) is 27.7 Å². The summed E-state index contributed by atoms with van der Waals surface area (Å²) in [6.45, 7) is 2.03. The highest BCUT2D eigenvalue weighted by atomic mass is 35.5. The van der Waals surface area contributed by atoms with Gasteiger partial charge in [-0.05, 0) is 48.9 Å². The molecule has 1 aliphatic rings. The van der Waals surface area contributed by atoms with Gasteiger partial charge in [0.2, 0.25) is 0 Å². The topological polar surface area (TPSA) is 32.3 Å². The summed E-state index contributed by atoms with van der Waals surface area (Å²) in [5.74, 6) is -0.0156. The Bertz CT molecular complexity index is 919. The van der Waals surface area contributed by atoms with Crippen LogP contribution in [0.15, 0.2) is 72.8 Å². The van der Waals surface area contributed by atoms with E-state index in [1.54, 1.807) is 4.90 Å². The van der Waals surface area contributed by atoms with Crippen molar-refractivity contribution in [1.82, 2.24) is 0 Å². The van der Waals surface area contributed by atoms with Gasteiger partial charge in [-0.1, -0.05) is 53.6 Å². The number of amides is 1. The molecule has 0 aliphatic carbocycles. The number of hydrogen-bond acceptors (Lipinski definition) is 2. The predicted molar refractivity (Wildman–Crippen MR) is 102 cm³/mol. The average Bonchev–Trinajstić information content (AvgIpc) is 2.63. The number of para-hydroxylation sites is 1. The maximum Gasteiger partial charge on any atom is 0.262 e. The second-order valence-electron chi connectivity index (χ2n) is 6.15. The third kappa shape index (κ3) is 2.87. The molecule has 4 rings (SSSR count). The van der Waals surface area contributed by atoms with Crippen molar-refractivity contribution < 1.29 is 4.79 Å². The van der Waals surface area contributed by atoms with Gasteiger partial charge in [0.05, 0.1) is 5.56 Å². The molecule has 0 spiro atoms. The van der Waals surface area contributed by atoms with Crippen LogP contribution >= 0.6 is 11.6 Å². The Morgan fingerprint density at radius 1 is 0.920 bits per heavy atom. The quantitative estimate of drug-likeness (QED) is 0.670. The predicted octanol–water partition coefficient (Wildman–Crippen LogP) is 5.42. The van der Waals surface area contributed by atoms with E-state index in [9.17, 15) is 4.79 Å². The van der Waals surface area contributed by atoms with E-state index in [1.807, 2.05) is 79.7 Å². The lowest BCUT2D eigenvalue weighted by Crippen LogP contribution is -2.43. The molecular formula is C21H17ClN2O. The number of carbonyl (C=O) groups is 1. The number of halogens is 1. The molecule has 1 atom stereocenters. The first-order valence-corrected chi connectivity index (χ1v) is 8.52. The lowest BCUT2D eigenvalue weighted by Gasteiger charge is -2.38. The lowest BCUT2D eigenvalue weighted by molar-refractivity contribution is 0.0975. The summed E-state index contributed by atoms with van der Waals surface area (Å²) >= 11 is 6.03. The molecule has 25 heavy (non-hydrogen) atoms. The highest BCUT2D eigenvalue weighted by Crippen LogP contribution is 2.36. The van der Waals surface area contributed by atoms with Crippen LogP contribution in [-0.2, 0) is 0 Å². The minimum Gasteiger partial charge on any atom is -0.360 e. The Morgan fingerprint density at radius 3 is 2.32 bits per heavy atom. The molecule has 0 saturated carbocycles. The monoisotopic (exact) mass is 348 g/mol. The molecule has 124 valence electrons. The summed E-state index contributed by atoms with van der Waals surface area (Å²) in [7, 11) is 0. The summed E-state index contributed by atoms with van der Waals surface area (Å²) in [6, 6.07) is 23.2. The Morgan fingerprint density at radius 2 is 1.60 bits per heavy atom. The van der Waals surface area contributed by atoms with E-state index in [0.717, 1.165) is 22.5 Å². The van der Waals surface area contributed by atoms with Gasteiger partial charge in [-0.3, -0.25) is 9.69 Å². The number of nitrogens with zero attached hydrogens (tertiary/aromatic N) is 1. The van der Waals surface area contributed by atoms with E-state index in [1.165, 1.54) is 0 Å². The van der Waals surface area contributed by atoms with Crippen LogP contribution in [0.5, 0.6) is 0 Å². The molecule has 4 heteroatoms. The van der Waals surface area contributed by atoms with Gasteiger partial charge in [0, 0.05) is 16.4 Å². The number of nitrogens with one attached hydrogen (secondary N) is 1. The van der Waals surface area contributed by atoms with Crippen LogP contribution in [0.4, 0.5) is 11.4 Å². The van der Waals surface area contributed by atoms with Gasteiger partial charge in [-0.2, -0.15) is 0 Å². The highest BCUT2D eigenvalue weighted by molar-refractivity contribution is 6.30. The molecule has 0 radical (unpaired) electrons. The summed E-state index contributed by atoms with van der Waals surface area (Å²) in [4.78, 5) is 15.0. The fourth-order valence-corrected chi connectivity index (χ4v) is 3.23. The molecule has 0 bridgehead atoms. The van der Waals surface area contributed by atoms with Gasteiger partial charge in [0.25, 0.3) is 5.91 Å². The number of rotatable bonds is 2. The van der Waals surface area contributed by atoms with E-state index in [4.69, 9.17) is 11.6 Å². The van der Waals surface area contributed by atoms with Crippen molar-refractivity contribution in [3.05, 3.63) is 94.5 Å². The van der Waals surface area contributed by atoms with E-state index >= 15 is 0 Å². The fraction of sp³-hybridized carbons (Fsp3) is 0.0952. The lowest BCUT2D eigenvalue weighted by atomic mass is 10.0. The zero-order valence-electron chi connectivity index (χ0n) is 13.7. The number of fused-ring (bicyclic) bond motifs is 1. The fourth-order valence-electron chi connectivity index (χ4n) is 3.10. The normalized spacial score (nSPS) is 16.3. The van der Waals surface area contributed by atoms with E-state index in [0.29, 0.717) is 10.6 Å². The number of carbonyl (C=O) groups excluding carboxylic acids is 1. The average molecular weight is 349 g/mol. The van der Waals surface area contributed by atoms with Crippen molar-refractivity contribution in [3.63, 3.8) is 0 Å². The molecule has 0 fully saturated rings. The molecule has 3 aromatic carbocycles. The van der Waals surface area contributed by atoms with Crippen molar-refractivity contribution in [2.45, 2.75) is 13.1 Å². The van der Waals surface area contributed by atoms with Crippen LogP contribution in [0, 0.1) is 6.92 Å². The maximum absolute atomic E-state index is 13.2. The summed E-state index contributed by atoms with van der Waals surface area (Å²) < 4.78 is 0. The number of benzene rings is 3. The Kier molecular flexibility index (Phi) is 3.94. The van der Waals surface area contributed by atoms with Crippen LogP contribution in [0.25, 0.3) is 0 Å². The first-order valence-electron chi connectivity index (χ1n) is 8.15. The number of anilines is 2. The van der Waals surface area contributed by atoms with Crippen molar-refractivity contribution in [1.29, 1.82) is 0 Å². The maximum atomic E-state index is 13.2. The van der Waals surface area contributed by atoms with E-state index < -0.39 is 0 Å². The second kappa shape index (κ2) is 6.26. The van der Waals surface area contributed by atoms with Gasteiger partial charge >= 0.3 is 0 Å². The second-order valence-corrected chi connectivity index (χ2v) is 6.59. The number of hydrogen-bond donors (Lipinski definition) is 1. The molecule has 0 saturated heterocycles. The van der Waals surface area contributed by atoms with Gasteiger partial charge < -0.3 is 5.32 Å². The van der Waals surface area contributed by atoms with Gasteiger partial charge in [-0.25, -0.2) is 0 Å². The minimum absolute atomic E-state index is 0.0156. The molecule has 0 aromatic heterocycles. The molecule has 1 heterocycles. The molecule has 1 unspecified atom stereocenters. The first kappa shape index (κ1) is 15.7. The zero-order chi connectivity index (χ0) is 17.4. The Hall–Kier alpha value is -2.78. The molecule has 3 nitrogen and oxygen atoms in total. The summed E-state index contributed by atoms with van der Waals surface area (Å²) in [5, 5.41) is 4.16. The van der Waals surface area contributed by atoms with Crippen molar-refractivity contribution in [3.8, 4) is 0 Å². The number of aryl methyl sites for hydroxylation is 1. The molecule has 1 aliphatic heterocycles. The third-order valence-electron chi connectivity index (χ3n) is 4.42. The van der Waals surface area contributed by atoms with Crippen molar-refractivity contribution in [2.75, 3.05) is 10.2 Å². The molecule has 1 amide bonds. The van der Waals surface area contributed by atoms with Crippen LogP contribution < -0.4 is 10.2 Å². The molecule has 1 N–H and O–H groups in total. The smallest absolute Gasteiger partial charge is 0.262 e. The highest BCUT2D eigenvalue weighted by Gasteiger charge is 2.33. The molecule has 3 aromatic rings. The van der Waals surface area contributed by atoms with E-state index in [2.05, 4.69) is 5.32 Å². The SMILES string of the molecule is Cc1ccc(N2C(=O)c3ccccc3NC2c2ccc(Cl)cc2)cc1. The van der Waals surface area contributed by atoms with Gasteiger partial charge in [-0.15, -0.1) is 0 Å². The minimum atomic E-state index is -0.289. The zero-order valence-corrected chi connectivity index (χ0v) is 14.5. The summed E-state index contributed by atoms with van der Waals surface area (Å²) in [6.07, 6.45) is -0.289. The van der Waals surface area contributed by atoms with Crippen LogP contribution in [0.3, 0.4) is 0 Å². The first-order chi connectivity index (χ1) is 12.1.